The highest BCUT2D eigenvalue weighted by molar-refractivity contribution is 5.44. The number of benzene rings is 1. The second-order valence-electron chi connectivity index (χ2n) is 6.38. The van der Waals surface area contributed by atoms with Crippen LogP contribution in [0.3, 0.4) is 0 Å². The predicted octanol–water partition coefficient (Wildman–Crippen LogP) is 5.12. The summed E-state index contributed by atoms with van der Waals surface area (Å²) >= 11 is 0. The first-order valence-electron chi connectivity index (χ1n) is 7.07. The van der Waals surface area contributed by atoms with Gasteiger partial charge in [0, 0.05) is 0 Å². The van der Waals surface area contributed by atoms with E-state index in [4.69, 9.17) is 0 Å². The summed E-state index contributed by atoms with van der Waals surface area (Å²) in [5, 5.41) is 0. The van der Waals surface area contributed by atoms with E-state index in [-0.39, 0.29) is 0 Å². The second kappa shape index (κ2) is 4.15. The molecule has 1 aliphatic carbocycles. The van der Waals surface area contributed by atoms with Crippen LogP contribution in [0.15, 0.2) is 18.2 Å². The third-order valence-electron chi connectivity index (χ3n) is 5.26. The van der Waals surface area contributed by atoms with E-state index in [1.54, 1.807) is 11.1 Å². The molecule has 0 fully saturated rings. The first kappa shape index (κ1) is 12.7. The molecule has 0 aromatic heterocycles. The standard InChI is InChI=1S/C17H26/c1-6-16(4)10-11-17(5,7-2)15-12-13(3)8-9-14(15)16/h8-9,12H,6-7,10-11H2,1-5H3/t16-,17+/m1/s1. The Hall–Kier alpha value is -0.780. The van der Waals surface area contributed by atoms with Gasteiger partial charge < -0.3 is 0 Å². The van der Waals surface area contributed by atoms with E-state index < -0.39 is 0 Å². The molecule has 0 radical (unpaired) electrons. The molecular formula is C17H26. The molecule has 0 saturated heterocycles. The van der Waals surface area contributed by atoms with Crippen molar-refractivity contribution in [2.75, 3.05) is 0 Å². The van der Waals surface area contributed by atoms with Crippen LogP contribution in [0, 0.1) is 6.92 Å². The topological polar surface area (TPSA) is 0 Å². The zero-order chi connectivity index (χ0) is 12.7. The Morgan fingerprint density at radius 1 is 0.941 bits per heavy atom. The van der Waals surface area contributed by atoms with Crippen molar-refractivity contribution in [3.63, 3.8) is 0 Å². The van der Waals surface area contributed by atoms with Gasteiger partial charge in [-0.15, -0.1) is 0 Å². The Morgan fingerprint density at radius 2 is 1.47 bits per heavy atom. The zero-order valence-electron chi connectivity index (χ0n) is 12.1. The van der Waals surface area contributed by atoms with Gasteiger partial charge in [0.25, 0.3) is 0 Å². The Kier molecular flexibility index (Phi) is 3.10. The summed E-state index contributed by atoms with van der Waals surface area (Å²) < 4.78 is 0. The van der Waals surface area contributed by atoms with E-state index in [2.05, 4.69) is 52.8 Å². The van der Waals surface area contributed by atoms with E-state index in [1.807, 2.05) is 0 Å². The highest BCUT2D eigenvalue weighted by Gasteiger charge is 2.39. The number of hydrogen-bond acceptors (Lipinski definition) is 0. The van der Waals surface area contributed by atoms with Gasteiger partial charge in [-0.3, -0.25) is 0 Å². The van der Waals surface area contributed by atoms with Crippen LogP contribution in [0.4, 0.5) is 0 Å². The van der Waals surface area contributed by atoms with E-state index in [9.17, 15) is 0 Å². The molecule has 0 heteroatoms. The first-order chi connectivity index (χ1) is 7.95. The number of rotatable bonds is 2. The van der Waals surface area contributed by atoms with Gasteiger partial charge in [0.1, 0.15) is 0 Å². The number of fused-ring (bicyclic) bond motifs is 1. The van der Waals surface area contributed by atoms with Crippen molar-refractivity contribution >= 4 is 0 Å². The number of aryl methyl sites for hydroxylation is 1. The van der Waals surface area contributed by atoms with Gasteiger partial charge in [-0.2, -0.15) is 0 Å². The summed E-state index contributed by atoms with van der Waals surface area (Å²) in [6.07, 6.45) is 5.18. The predicted molar refractivity (Wildman–Crippen MR) is 75.7 cm³/mol. The lowest BCUT2D eigenvalue weighted by molar-refractivity contribution is 0.283. The van der Waals surface area contributed by atoms with Gasteiger partial charge in [0.15, 0.2) is 0 Å². The average Bonchev–Trinajstić information content (AvgIpc) is 2.34. The van der Waals surface area contributed by atoms with Crippen LogP contribution in [-0.2, 0) is 10.8 Å². The summed E-state index contributed by atoms with van der Waals surface area (Å²) in [5.41, 5.74) is 5.44. The fourth-order valence-corrected chi connectivity index (χ4v) is 3.24. The van der Waals surface area contributed by atoms with Gasteiger partial charge in [-0.25, -0.2) is 0 Å². The third-order valence-corrected chi connectivity index (χ3v) is 5.26. The summed E-state index contributed by atoms with van der Waals surface area (Å²) in [6, 6.07) is 7.11. The molecule has 2 atom stereocenters. The Bertz CT molecular complexity index is 418. The maximum absolute atomic E-state index is 2.44. The molecule has 1 aromatic carbocycles. The second-order valence-corrected chi connectivity index (χ2v) is 6.38. The minimum atomic E-state index is 0.399. The maximum atomic E-state index is 2.44. The smallest absolute Gasteiger partial charge is 0.00745 e. The van der Waals surface area contributed by atoms with Crippen molar-refractivity contribution < 1.29 is 0 Å². The molecule has 0 bridgehead atoms. The molecule has 0 unspecified atom stereocenters. The van der Waals surface area contributed by atoms with Gasteiger partial charge >= 0.3 is 0 Å². The lowest BCUT2D eigenvalue weighted by Crippen LogP contribution is -2.36. The summed E-state index contributed by atoms with van der Waals surface area (Å²) in [6.45, 7) is 11.8. The van der Waals surface area contributed by atoms with Crippen molar-refractivity contribution in [3.8, 4) is 0 Å². The molecule has 0 N–H and O–H groups in total. The van der Waals surface area contributed by atoms with Crippen molar-refractivity contribution in [3.05, 3.63) is 34.9 Å². The largest absolute Gasteiger partial charge is 0.0645 e. The van der Waals surface area contributed by atoms with Gasteiger partial charge in [0.05, 0.1) is 0 Å². The molecule has 1 aromatic rings. The van der Waals surface area contributed by atoms with Crippen molar-refractivity contribution in [1.29, 1.82) is 0 Å². The molecule has 0 aliphatic heterocycles. The molecule has 2 rings (SSSR count). The molecule has 94 valence electrons. The fraction of sp³-hybridized carbons (Fsp3) is 0.647. The van der Waals surface area contributed by atoms with Crippen LogP contribution < -0.4 is 0 Å². The van der Waals surface area contributed by atoms with Gasteiger partial charge in [-0.1, -0.05) is 51.5 Å². The Labute approximate surface area is 106 Å². The van der Waals surface area contributed by atoms with Gasteiger partial charge in [-0.05, 0) is 54.6 Å². The monoisotopic (exact) mass is 230 g/mol. The molecule has 0 saturated carbocycles. The Morgan fingerprint density at radius 3 is 2.00 bits per heavy atom. The highest BCUT2D eigenvalue weighted by Crippen LogP contribution is 2.49. The van der Waals surface area contributed by atoms with Crippen LogP contribution in [0.25, 0.3) is 0 Å². The minimum Gasteiger partial charge on any atom is -0.0645 e. The molecular weight excluding hydrogens is 204 g/mol. The summed E-state index contributed by atoms with van der Waals surface area (Å²) in [7, 11) is 0. The van der Waals surface area contributed by atoms with Crippen LogP contribution in [-0.4, -0.2) is 0 Å². The average molecular weight is 230 g/mol. The normalized spacial score (nSPS) is 32.3. The van der Waals surface area contributed by atoms with Crippen LogP contribution in [0.5, 0.6) is 0 Å². The highest BCUT2D eigenvalue weighted by atomic mass is 14.4. The molecule has 0 heterocycles. The SMILES string of the molecule is CC[C@@]1(C)CC[C@@](C)(CC)c2ccc(C)cc21. The van der Waals surface area contributed by atoms with Crippen molar-refractivity contribution in [2.45, 2.75) is 71.1 Å². The van der Waals surface area contributed by atoms with E-state index >= 15 is 0 Å². The van der Waals surface area contributed by atoms with Gasteiger partial charge in [0.2, 0.25) is 0 Å². The number of hydrogen-bond donors (Lipinski definition) is 0. The minimum absolute atomic E-state index is 0.399. The molecule has 17 heavy (non-hydrogen) atoms. The summed E-state index contributed by atoms with van der Waals surface area (Å²) in [4.78, 5) is 0. The molecule has 0 spiro atoms. The van der Waals surface area contributed by atoms with E-state index in [0.717, 1.165) is 0 Å². The lowest BCUT2D eigenvalue weighted by atomic mass is 9.60. The fourth-order valence-electron chi connectivity index (χ4n) is 3.24. The van der Waals surface area contributed by atoms with Crippen LogP contribution in [0.2, 0.25) is 0 Å². The lowest BCUT2D eigenvalue weighted by Gasteiger charge is -2.45. The maximum Gasteiger partial charge on any atom is -0.00745 e. The van der Waals surface area contributed by atoms with Crippen LogP contribution in [0.1, 0.15) is 70.1 Å². The zero-order valence-corrected chi connectivity index (χ0v) is 12.1. The van der Waals surface area contributed by atoms with Crippen molar-refractivity contribution in [2.24, 2.45) is 0 Å². The molecule has 0 amide bonds. The molecule has 0 nitrogen and oxygen atoms in total. The van der Waals surface area contributed by atoms with Crippen molar-refractivity contribution in [1.82, 2.24) is 0 Å². The quantitative estimate of drug-likeness (QED) is 0.661. The molecule has 1 aliphatic rings. The van der Waals surface area contributed by atoms with Crippen LogP contribution >= 0.6 is 0 Å². The summed E-state index contributed by atoms with van der Waals surface area (Å²) in [5.74, 6) is 0. The first-order valence-corrected chi connectivity index (χ1v) is 7.07. The Balaban J connectivity index is 2.62. The van der Waals surface area contributed by atoms with E-state index in [0.29, 0.717) is 10.8 Å². The van der Waals surface area contributed by atoms with E-state index in [1.165, 1.54) is 31.2 Å². The third kappa shape index (κ3) is 1.92.